The van der Waals surface area contributed by atoms with Crippen molar-refractivity contribution in [3.05, 3.63) is 64.7 Å². The van der Waals surface area contributed by atoms with Gasteiger partial charge in [-0.05, 0) is 42.5 Å². The molecule has 0 bridgehead atoms. The topological polar surface area (TPSA) is 127 Å². The number of ketones is 1. The Kier molecular flexibility index (Phi) is 10.8. The number of halogens is 1. The van der Waals surface area contributed by atoms with Crippen molar-refractivity contribution in [2.24, 2.45) is 0 Å². The second-order valence-electron chi connectivity index (χ2n) is 6.97. The van der Waals surface area contributed by atoms with Gasteiger partial charge in [0.25, 0.3) is 0 Å². The summed E-state index contributed by atoms with van der Waals surface area (Å²) in [5.41, 5.74) is 1.29. The SMILES string of the molecule is COc1ccccc1C(=O)/C=C/c1cc(Cl)ccc1OCC[NH+]1CCOCC1.O=S(=O)([O-])O. The van der Waals surface area contributed by atoms with Gasteiger partial charge < -0.3 is 23.7 Å². The molecule has 1 saturated heterocycles. The van der Waals surface area contributed by atoms with E-state index in [-0.39, 0.29) is 5.78 Å². The van der Waals surface area contributed by atoms with Gasteiger partial charge in [0, 0.05) is 10.6 Å². The Labute approximate surface area is 198 Å². The van der Waals surface area contributed by atoms with Crippen LogP contribution in [0.15, 0.2) is 48.5 Å². The van der Waals surface area contributed by atoms with Crippen LogP contribution in [-0.4, -0.2) is 69.9 Å². The number of hydrogen-bond donors (Lipinski definition) is 2. The maximum absolute atomic E-state index is 12.6. The van der Waals surface area contributed by atoms with E-state index in [2.05, 4.69) is 0 Å². The van der Waals surface area contributed by atoms with Crippen LogP contribution in [0.1, 0.15) is 15.9 Å². The molecule has 11 heteroatoms. The van der Waals surface area contributed by atoms with E-state index in [1.54, 1.807) is 37.5 Å². The summed E-state index contributed by atoms with van der Waals surface area (Å²) in [7, 11) is -3.37. The van der Waals surface area contributed by atoms with Gasteiger partial charge in [-0.25, -0.2) is 8.42 Å². The van der Waals surface area contributed by atoms with Crippen molar-refractivity contribution in [1.29, 1.82) is 0 Å². The van der Waals surface area contributed by atoms with Gasteiger partial charge in [0.15, 0.2) is 5.78 Å². The number of allylic oxidation sites excluding steroid dienone is 1. The lowest BCUT2D eigenvalue weighted by Gasteiger charge is -2.23. The minimum atomic E-state index is -4.92. The molecule has 2 aromatic rings. The maximum Gasteiger partial charge on any atom is 0.215 e. The summed E-state index contributed by atoms with van der Waals surface area (Å²) in [6.07, 6.45) is 3.25. The first kappa shape index (κ1) is 26.8. The van der Waals surface area contributed by atoms with E-state index >= 15 is 0 Å². The van der Waals surface area contributed by atoms with Crippen molar-refractivity contribution in [1.82, 2.24) is 0 Å². The summed E-state index contributed by atoms with van der Waals surface area (Å²) in [6, 6.07) is 12.6. The summed E-state index contributed by atoms with van der Waals surface area (Å²) in [6.45, 7) is 5.12. The van der Waals surface area contributed by atoms with E-state index in [9.17, 15) is 4.79 Å². The predicted molar refractivity (Wildman–Crippen MR) is 122 cm³/mol. The number of carbonyl (C=O) groups excluding carboxylic acids is 1. The van der Waals surface area contributed by atoms with Gasteiger partial charge in [0.05, 0.1) is 25.9 Å². The minimum absolute atomic E-state index is 0.138. The highest BCUT2D eigenvalue weighted by molar-refractivity contribution is 7.79. The zero-order valence-electron chi connectivity index (χ0n) is 18.0. The normalized spacial score (nSPS) is 14.4. The average molecular weight is 500 g/mol. The lowest BCUT2D eigenvalue weighted by molar-refractivity contribution is -0.908. The zero-order chi connectivity index (χ0) is 24.3. The lowest BCUT2D eigenvalue weighted by atomic mass is 10.1. The van der Waals surface area contributed by atoms with Gasteiger partial charge in [0.1, 0.15) is 37.7 Å². The van der Waals surface area contributed by atoms with Crippen LogP contribution in [0.5, 0.6) is 11.5 Å². The number of hydrogen-bond acceptors (Lipinski definition) is 7. The van der Waals surface area contributed by atoms with Gasteiger partial charge in [0.2, 0.25) is 10.4 Å². The molecule has 2 aromatic carbocycles. The Morgan fingerprint density at radius 1 is 1.21 bits per heavy atom. The van der Waals surface area contributed by atoms with Gasteiger partial charge in [-0.3, -0.25) is 9.35 Å². The van der Waals surface area contributed by atoms with Crippen LogP contribution >= 0.6 is 11.6 Å². The summed E-state index contributed by atoms with van der Waals surface area (Å²) < 4.78 is 49.4. The molecule has 1 aliphatic rings. The van der Waals surface area contributed by atoms with Crippen LogP contribution in [0.25, 0.3) is 6.08 Å². The predicted octanol–water partition coefficient (Wildman–Crippen LogP) is 1.54. The standard InChI is InChI=1S/C22H24ClNO4.H2O4S/c1-26-22-5-3-2-4-19(22)20(25)8-6-17-16-18(23)7-9-21(17)28-15-12-24-10-13-27-14-11-24;1-5(2,3)4/h2-9,16H,10-15H2,1H3;(H2,1,2,3,4)/b8-6+;. The lowest BCUT2D eigenvalue weighted by Crippen LogP contribution is -3.14. The molecule has 1 aliphatic heterocycles. The minimum Gasteiger partial charge on any atom is -0.726 e. The highest BCUT2D eigenvalue weighted by Gasteiger charge is 2.14. The van der Waals surface area contributed by atoms with Gasteiger partial charge in [-0.2, -0.15) is 0 Å². The van der Waals surface area contributed by atoms with E-state index in [0.29, 0.717) is 28.7 Å². The molecule has 0 aliphatic carbocycles. The summed E-state index contributed by atoms with van der Waals surface area (Å²) in [5.74, 6) is 1.12. The maximum atomic E-state index is 12.6. The molecule has 1 fully saturated rings. The van der Waals surface area contributed by atoms with Crippen molar-refractivity contribution in [3.63, 3.8) is 0 Å². The number of benzene rings is 2. The fraction of sp³-hybridized carbons (Fsp3) is 0.318. The number of morpholine rings is 1. The molecule has 2 N–H and O–H groups in total. The Morgan fingerprint density at radius 2 is 1.88 bits per heavy atom. The molecule has 0 radical (unpaired) electrons. The van der Waals surface area contributed by atoms with Gasteiger partial charge >= 0.3 is 0 Å². The Morgan fingerprint density at radius 3 is 2.55 bits per heavy atom. The quantitative estimate of drug-likeness (QED) is 0.242. The molecular formula is C22H26ClNO8S. The van der Waals surface area contributed by atoms with E-state index in [4.69, 9.17) is 43.3 Å². The highest BCUT2D eigenvalue weighted by atomic mass is 35.5. The van der Waals surface area contributed by atoms with Crippen LogP contribution in [0.4, 0.5) is 0 Å². The monoisotopic (exact) mass is 499 g/mol. The Bertz CT molecular complexity index is 1040. The molecule has 0 atom stereocenters. The number of methoxy groups -OCH3 is 1. The molecule has 33 heavy (non-hydrogen) atoms. The zero-order valence-corrected chi connectivity index (χ0v) is 19.6. The first-order valence-corrected chi connectivity index (χ1v) is 11.8. The van der Waals surface area contributed by atoms with Crippen molar-refractivity contribution < 1.29 is 41.4 Å². The van der Waals surface area contributed by atoms with Gasteiger partial charge in [-0.1, -0.05) is 23.7 Å². The smallest absolute Gasteiger partial charge is 0.215 e. The molecule has 180 valence electrons. The number of nitrogens with one attached hydrogen (secondary N) is 1. The van der Waals surface area contributed by atoms with Crippen molar-refractivity contribution in [2.75, 3.05) is 46.6 Å². The fourth-order valence-corrected chi connectivity index (χ4v) is 3.28. The van der Waals surface area contributed by atoms with Crippen molar-refractivity contribution >= 4 is 33.9 Å². The molecule has 0 amide bonds. The van der Waals surface area contributed by atoms with Crippen LogP contribution in [0.2, 0.25) is 5.02 Å². The van der Waals surface area contributed by atoms with Crippen LogP contribution < -0.4 is 14.4 Å². The number of quaternary nitrogens is 1. The number of carbonyl (C=O) groups is 1. The number of rotatable bonds is 8. The molecule has 3 rings (SSSR count). The fourth-order valence-electron chi connectivity index (χ4n) is 3.10. The van der Waals surface area contributed by atoms with E-state index in [1.807, 2.05) is 18.2 Å². The van der Waals surface area contributed by atoms with E-state index in [1.165, 1.54) is 11.0 Å². The molecule has 0 unspecified atom stereocenters. The van der Waals surface area contributed by atoms with Crippen molar-refractivity contribution in [3.8, 4) is 11.5 Å². The van der Waals surface area contributed by atoms with Gasteiger partial charge in [-0.15, -0.1) is 0 Å². The molecule has 0 saturated carbocycles. The molecule has 9 nitrogen and oxygen atoms in total. The first-order valence-electron chi connectivity index (χ1n) is 10.0. The number of para-hydroxylation sites is 1. The highest BCUT2D eigenvalue weighted by Crippen LogP contribution is 2.25. The molecule has 1 heterocycles. The third-order valence-electron chi connectivity index (χ3n) is 4.67. The summed E-state index contributed by atoms with van der Waals surface area (Å²) in [5, 5.41) is 0.593. The van der Waals surface area contributed by atoms with Crippen molar-refractivity contribution in [2.45, 2.75) is 0 Å². The molecular weight excluding hydrogens is 474 g/mol. The number of ether oxygens (including phenoxy) is 3. The van der Waals surface area contributed by atoms with Crippen LogP contribution in [0, 0.1) is 0 Å². The van der Waals surface area contributed by atoms with Crippen LogP contribution in [-0.2, 0) is 15.1 Å². The van der Waals surface area contributed by atoms with Crippen LogP contribution in [0.3, 0.4) is 0 Å². The first-order chi connectivity index (χ1) is 15.7. The summed E-state index contributed by atoms with van der Waals surface area (Å²) in [4.78, 5) is 14.0. The molecule has 0 aromatic heterocycles. The second-order valence-corrected chi connectivity index (χ2v) is 8.26. The Balaban J connectivity index is 0.000000696. The average Bonchev–Trinajstić information content (AvgIpc) is 2.78. The van der Waals surface area contributed by atoms with E-state index < -0.39 is 10.4 Å². The largest absolute Gasteiger partial charge is 0.726 e. The Hall–Kier alpha value is -2.47. The third-order valence-corrected chi connectivity index (χ3v) is 4.91. The molecule has 0 spiro atoms. The summed E-state index contributed by atoms with van der Waals surface area (Å²) >= 11 is 6.14. The van der Waals surface area contributed by atoms with E-state index in [0.717, 1.165) is 38.4 Å². The second kappa shape index (κ2) is 13.3. The third kappa shape index (κ3) is 10.3.